The lowest BCUT2D eigenvalue weighted by atomic mass is 9.80. The van der Waals surface area contributed by atoms with Crippen molar-refractivity contribution in [1.82, 2.24) is 0 Å². The highest BCUT2D eigenvalue weighted by molar-refractivity contribution is 5.85. The van der Waals surface area contributed by atoms with Crippen molar-refractivity contribution in [2.24, 2.45) is 23.7 Å². The van der Waals surface area contributed by atoms with Crippen LogP contribution in [0.2, 0.25) is 0 Å². The van der Waals surface area contributed by atoms with Gasteiger partial charge in [0.25, 0.3) is 0 Å². The molecule has 0 unspecified atom stereocenters. The van der Waals surface area contributed by atoms with E-state index >= 15 is 0 Å². The second-order valence-corrected chi connectivity index (χ2v) is 7.47. The normalized spacial score (nSPS) is 36.9. The molecule has 0 N–H and O–H groups in total. The Morgan fingerprint density at radius 3 is 2.81 bits per heavy atom. The molecule has 5 heteroatoms. The summed E-state index contributed by atoms with van der Waals surface area (Å²) in [7, 11) is 4.29. The first kappa shape index (κ1) is 14.8. The van der Waals surface area contributed by atoms with Gasteiger partial charge in [-0.05, 0) is 25.2 Å². The maximum atomic E-state index is 12.4. The van der Waals surface area contributed by atoms with E-state index in [0.717, 1.165) is 36.8 Å². The van der Waals surface area contributed by atoms with Gasteiger partial charge in [-0.1, -0.05) is 6.92 Å². The van der Waals surface area contributed by atoms with Gasteiger partial charge in [0.15, 0.2) is 0 Å². The van der Waals surface area contributed by atoms with E-state index in [-0.39, 0.29) is 35.8 Å². The summed E-state index contributed by atoms with van der Waals surface area (Å²) in [5, 5.41) is 0. The molecule has 2 saturated carbocycles. The minimum atomic E-state index is -0.247. The molecule has 5 nitrogen and oxygen atoms in total. The lowest BCUT2D eigenvalue weighted by Gasteiger charge is -2.29. The van der Waals surface area contributed by atoms with Crippen molar-refractivity contribution in [3.05, 3.63) is 0 Å². The zero-order valence-corrected chi connectivity index (χ0v) is 13.2. The Bertz CT molecular complexity index is 446. The van der Waals surface area contributed by atoms with Crippen LogP contribution in [0.5, 0.6) is 0 Å². The predicted octanol–water partition coefficient (Wildman–Crippen LogP) is 1.21. The lowest BCUT2D eigenvalue weighted by molar-refractivity contribution is -0.890. The van der Waals surface area contributed by atoms with Crippen LogP contribution in [-0.4, -0.2) is 56.3 Å². The van der Waals surface area contributed by atoms with Gasteiger partial charge in [-0.2, -0.15) is 0 Å². The minimum Gasteiger partial charge on any atom is -0.462 e. The second kappa shape index (κ2) is 5.27. The fraction of sp³-hybridized carbons (Fsp3) is 0.875. The second-order valence-electron chi connectivity index (χ2n) is 7.47. The van der Waals surface area contributed by atoms with Crippen LogP contribution >= 0.6 is 0 Å². The molecular weight excluding hydrogens is 270 g/mol. The summed E-state index contributed by atoms with van der Waals surface area (Å²) in [5.41, 5.74) is 0. The van der Waals surface area contributed by atoms with E-state index in [4.69, 9.17) is 9.47 Å². The first-order chi connectivity index (χ1) is 9.93. The number of quaternary nitrogens is 1. The highest BCUT2D eigenvalue weighted by Crippen LogP contribution is 2.57. The van der Waals surface area contributed by atoms with Gasteiger partial charge in [-0.15, -0.1) is 0 Å². The van der Waals surface area contributed by atoms with Gasteiger partial charge < -0.3 is 14.0 Å². The van der Waals surface area contributed by atoms with Gasteiger partial charge >= 0.3 is 11.9 Å². The van der Waals surface area contributed by atoms with Gasteiger partial charge in [0.05, 0.1) is 32.5 Å². The number of carbonyl (C=O) groups excluding carboxylic acids is 2. The molecule has 3 rings (SSSR count). The topological polar surface area (TPSA) is 52.6 Å². The van der Waals surface area contributed by atoms with Crippen LogP contribution < -0.4 is 0 Å². The van der Waals surface area contributed by atoms with Crippen molar-refractivity contribution >= 4 is 11.9 Å². The number of hydrogen-bond acceptors (Lipinski definition) is 4. The molecule has 0 spiro atoms. The van der Waals surface area contributed by atoms with Crippen molar-refractivity contribution in [1.29, 1.82) is 0 Å². The van der Waals surface area contributed by atoms with E-state index in [9.17, 15) is 9.59 Å². The fourth-order valence-electron chi connectivity index (χ4n) is 4.53. The molecule has 1 aliphatic heterocycles. The Balaban J connectivity index is 1.54. The standard InChI is InChI=1S/C16H26NO4/c1-4-5-17(2,3)6-7-20-15(18)13-10-8-11-12(9-10)21-16(19)14(11)13/h10-14H,4-9H2,1-3H3/q+1/t10-,11+,12-,13+,14+/m1/s1. The van der Waals surface area contributed by atoms with Crippen LogP contribution in [0, 0.1) is 23.7 Å². The van der Waals surface area contributed by atoms with Crippen LogP contribution in [0.25, 0.3) is 0 Å². The predicted molar refractivity (Wildman–Crippen MR) is 76.2 cm³/mol. The lowest BCUT2D eigenvalue weighted by Crippen LogP contribution is -2.43. The third-order valence-electron chi connectivity index (χ3n) is 5.53. The number of rotatable bonds is 6. The maximum Gasteiger partial charge on any atom is 0.310 e. The van der Waals surface area contributed by atoms with Gasteiger partial charge in [-0.25, -0.2) is 0 Å². The van der Waals surface area contributed by atoms with Gasteiger partial charge in [0.2, 0.25) is 0 Å². The first-order valence-electron chi connectivity index (χ1n) is 8.12. The minimum absolute atomic E-state index is 0.0803. The number of carbonyl (C=O) groups is 2. The van der Waals surface area contributed by atoms with Gasteiger partial charge in [0, 0.05) is 5.92 Å². The molecule has 1 heterocycles. The van der Waals surface area contributed by atoms with Crippen molar-refractivity contribution in [2.75, 3.05) is 33.8 Å². The Morgan fingerprint density at radius 2 is 2.10 bits per heavy atom. The average molecular weight is 296 g/mol. The molecule has 21 heavy (non-hydrogen) atoms. The molecule has 2 aliphatic carbocycles. The van der Waals surface area contributed by atoms with E-state index in [1.807, 2.05) is 0 Å². The van der Waals surface area contributed by atoms with Crippen LogP contribution in [0.4, 0.5) is 0 Å². The largest absolute Gasteiger partial charge is 0.462 e. The highest BCUT2D eigenvalue weighted by Gasteiger charge is 2.64. The third kappa shape index (κ3) is 2.56. The van der Waals surface area contributed by atoms with Crippen molar-refractivity contribution in [2.45, 2.75) is 32.3 Å². The SMILES string of the molecule is CCC[N+](C)(C)CCOC(=O)[C@H]1[C@@H]2C[C@@H]3[C@@H]1C(=O)O[C@@H]3C2. The van der Waals surface area contributed by atoms with E-state index in [0.29, 0.717) is 12.5 Å². The van der Waals surface area contributed by atoms with Crippen LogP contribution in [0.1, 0.15) is 26.2 Å². The quantitative estimate of drug-likeness (QED) is 0.546. The molecule has 3 fully saturated rings. The summed E-state index contributed by atoms with van der Waals surface area (Å²) in [6, 6.07) is 0. The van der Waals surface area contributed by atoms with E-state index in [1.165, 1.54) is 0 Å². The monoisotopic (exact) mass is 296 g/mol. The molecule has 0 amide bonds. The summed E-state index contributed by atoms with van der Waals surface area (Å²) < 4.78 is 11.7. The van der Waals surface area contributed by atoms with E-state index in [1.54, 1.807) is 0 Å². The number of ether oxygens (including phenoxy) is 2. The van der Waals surface area contributed by atoms with E-state index < -0.39 is 0 Å². The van der Waals surface area contributed by atoms with Crippen LogP contribution in [0.3, 0.4) is 0 Å². The first-order valence-corrected chi connectivity index (χ1v) is 8.12. The van der Waals surface area contributed by atoms with Gasteiger partial charge in [0.1, 0.15) is 19.3 Å². The summed E-state index contributed by atoms with van der Waals surface area (Å²) in [6.45, 7) is 4.48. The Labute approximate surface area is 126 Å². The van der Waals surface area contributed by atoms with Crippen molar-refractivity contribution < 1.29 is 23.5 Å². The molecule has 1 saturated heterocycles. The zero-order chi connectivity index (χ0) is 15.2. The Kier molecular flexibility index (Phi) is 3.72. The highest BCUT2D eigenvalue weighted by atomic mass is 16.6. The van der Waals surface area contributed by atoms with Gasteiger partial charge in [-0.3, -0.25) is 9.59 Å². The summed E-state index contributed by atoms with van der Waals surface area (Å²) in [6.07, 6.45) is 3.00. The maximum absolute atomic E-state index is 12.4. The molecule has 0 radical (unpaired) electrons. The molecule has 118 valence electrons. The molecule has 5 atom stereocenters. The number of likely N-dealkylation sites (N-methyl/N-ethyl adjacent to an activating group) is 1. The smallest absolute Gasteiger partial charge is 0.310 e. The summed E-state index contributed by atoms with van der Waals surface area (Å²) in [4.78, 5) is 24.3. The number of esters is 2. The van der Waals surface area contributed by atoms with Crippen molar-refractivity contribution in [3.63, 3.8) is 0 Å². The van der Waals surface area contributed by atoms with Crippen LogP contribution in [0.15, 0.2) is 0 Å². The number of nitrogens with zero attached hydrogens (tertiary/aromatic N) is 1. The number of fused-ring (bicyclic) bond motifs is 1. The molecule has 3 aliphatic rings. The van der Waals surface area contributed by atoms with E-state index in [2.05, 4.69) is 21.0 Å². The van der Waals surface area contributed by atoms with Crippen molar-refractivity contribution in [3.8, 4) is 0 Å². The molecular formula is C16H26NO4+. The summed E-state index contributed by atoms with van der Waals surface area (Å²) >= 11 is 0. The molecule has 0 aromatic carbocycles. The number of hydrogen-bond donors (Lipinski definition) is 0. The fourth-order valence-corrected chi connectivity index (χ4v) is 4.53. The van der Waals surface area contributed by atoms with Crippen LogP contribution in [-0.2, 0) is 19.1 Å². The average Bonchev–Trinajstić information content (AvgIpc) is 2.98. The molecule has 2 bridgehead atoms. The zero-order valence-electron chi connectivity index (χ0n) is 13.2. The Hall–Kier alpha value is -1.10. The Morgan fingerprint density at radius 1 is 1.33 bits per heavy atom. The molecule has 0 aromatic rings. The molecule has 0 aromatic heterocycles. The third-order valence-corrected chi connectivity index (χ3v) is 5.53. The summed E-state index contributed by atoms with van der Waals surface area (Å²) in [5.74, 6) is -0.257.